The quantitative estimate of drug-likeness (QED) is 0.542. The second kappa shape index (κ2) is 9.16. The molecule has 2 aromatic carbocycles. The Balaban J connectivity index is 1.81. The van der Waals surface area contributed by atoms with E-state index in [0.717, 1.165) is 17.0 Å². The van der Waals surface area contributed by atoms with E-state index in [-0.39, 0.29) is 12.5 Å². The van der Waals surface area contributed by atoms with Gasteiger partial charge in [-0.25, -0.2) is 4.99 Å². The first kappa shape index (κ1) is 19.6. The van der Waals surface area contributed by atoms with Gasteiger partial charge < -0.3 is 9.47 Å². The number of likely N-dealkylation sites (N-methyl/N-ethyl adjacent to an activating group) is 1. The molecule has 6 heteroatoms. The summed E-state index contributed by atoms with van der Waals surface area (Å²) in [6.07, 6.45) is 7.05. The molecule has 0 N–H and O–H groups in total. The van der Waals surface area contributed by atoms with Crippen molar-refractivity contribution in [2.24, 2.45) is 4.99 Å². The fourth-order valence-corrected chi connectivity index (χ4v) is 3.64. The summed E-state index contributed by atoms with van der Waals surface area (Å²) >= 11 is 1.37. The van der Waals surface area contributed by atoms with Gasteiger partial charge in [0, 0.05) is 6.54 Å². The lowest BCUT2D eigenvalue weighted by atomic mass is 10.2. The molecule has 0 spiro atoms. The molecule has 1 saturated heterocycles. The van der Waals surface area contributed by atoms with Crippen LogP contribution in [0.3, 0.4) is 0 Å². The molecule has 0 atom stereocenters. The molecule has 2 aromatic rings. The van der Waals surface area contributed by atoms with Crippen LogP contribution in [-0.2, 0) is 4.79 Å². The molecule has 0 bridgehead atoms. The Labute approximate surface area is 169 Å². The van der Waals surface area contributed by atoms with Crippen molar-refractivity contribution in [1.82, 2.24) is 4.90 Å². The molecule has 142 valence electrons. The van der Waals surface area contributed by atoms with E-state index in [2.05, 4.69) is 10.9 Å². The highest BCUT2D eigenvalue weighted by Gasteiger charge is 2.32. The fraction of sp³-hybridized carbons (Fsp3) is 0.182. The van der Waals surface area contributed by atoms with Gasteiger partial charge >= 0.3 is 0 Å². The van der Waals surface area contributed by atoms with Crippen molar-refractivity contribution in [2.75, 3.05) is 20.3 Å². The van der Waals surface area contributed by atoms with Gasteiger partial charge in [-0.3, -0.25) is 9.69 Å². The summed E-state index contributed by atoms with van der Waals surface area (Å²) in [6, 6.07) is 14.9. The highest BCUT2D eigenvalue weighted by molar-refractivity contribution is 8.18. The van der Waals surface area contributed by atoms with Crippen LogP contribution in [0.15, 0.2) is 58.4 Å². The van der Waals surface area contributed by atoms with Gasteiger partial charge in [0.15, 0.2) is 5.17 Å². The molecular weight excluding hydrogens is 372 g/mol. The van der Waals surface area contributed by atoms with E-state index in [4.69, 9.17) is 15.9 Å². The number of thioether (sulfide) groups is 1. The summed E-state index contributed by atoms with van der Waals surface area (Å²) in [7, 11) is 1.62. The first-order valence-electron chi connectivity index (χ1n) is 8.75. The normalized spacial score (nSPS) is 16.5. The van der Waals surface area contributed by atoms with Gasteiger partial charge in [-0.05, 0) is 66.7 Å². The number of rotatable bonds is 6. The Kier molecular flexibility index (Phi) is 6.41. The number of hydrogen-bond acceptors (Lipinski definition) is 5. The van der Waals surface area contributed by atoms with Crippen molar-refractivity contribution in [3.05, 3.63) is 59.0 Å². The number of methoxy groups -OCH3 is 1. The minimum atomic E-state index is -0.0487. The Morgan fingerprint density at radius 1 is 1.14 bits per heavy atom. The number of nitrogens with zero attached hydrogens (tertiary/aromatic N) is 2. The smallest absolute Gasteiger partial charge is 0.266 e. The molecule has 0 saturated carbocycles. The lowest BCUT2D eigenvalue weighted by molar-refractivity contribution is -0.122. The molecule has 0 unspecified atom stereocenters. The minimum absolute atomic E-state index is 0.0487. The number of benzene rings is 2. The second-order valence-electron chi connectivity index (χ2n) is 5.81. The largest absolute Gasteiger partial charge is 0.497 e. The van der Waals surface area contributed by atoms with Crippen LogP contribution in [0, 0.1) is 12.3 Å². The first-order valence-corrected chi connectivity index (χ1v) is 9.56. The van der Waals surface area contributed by atoms with Crippen molar-refractivity contribution in [1.29, 1.82) is 0 Å². The number of terminal acetylenes is 1. The second-order valence-corrected chi connectivity index (χ2v) is 6.82. The van der Waals surface area contributed by atoms with Crippen molar-refractivity contribution in [2.45, 2.75) is 6.92 Å². The predicted molar refractivity (Wildman–Crippen MR) is 114 cm³/mol. The van der Waals surface area contributed by atoms with E-state index < -0.39 is 0 Å². The Morgan fingerprint density at radius 2 is 1.82 bits per heavy atom. The van der Waals surface area contributed by atoms with Crippen LogP contribution in [0.2, 0.25) is 0 Å². The monoisotopic (exact) mass is 392 g/mol. The third-order valence-corrected chi connectivity index (χ3v) is 5.01. The lowest BCUT2D eigenvalue weighted by Crippen LogP contribution is -2.28. The third kappa shape index (κ3) is 4.56. The number of hydrogen-bond donors (Lipinski definition) is 0. The number of amidine groups is 1. The SMILES string of the molecule is C#CCOc1ccc(C=C2SC(=Nc3ccc(OC)cc3)N(CC)C2=O)cc1. The highest BCUT2D eigenvalue weighted by Crippen LogP contribution is 2.34. The van der Waals surface area contributed by atoms with Gasteiger partial charge in [0.25, 0.3) is 5.91 Å². The molecular formula is C22H20N2O3S. The zero-order valence-corrected chi connectivity index (χ0v) is 16.5. The van der Waals surface area contributed by atoms with Crippen LogP contribution in [-0.4, -0.2) is 36.2 Å². The minimum Gasteiger partial charge on any atom is -0.497 e. The molecule has 1 fully saturated rings. The van der Waals surface area contributed by atoms with Crippen molar-refractivity contribution in [3.8, 4) is 23.8 Å². The molecule has 0 aliphatic carbocycles. The lowest BCUT2D eigenvalue weighted by Gasteiger charge is -2.12. The molecule has 28 heavy (non-hydrogen) atoms. The zero-order chi connectivity index (χ0) is 19.9. The number of carbonyl (C=O) groups is 1. The van der Waals surface area contributed by atoms with Crippen molar-refractivity contribution >= 4 is 34.6 Å². The van der Waals surface area contributed by atoms with E-state index in [1.165, 1.54) is 11.8 Å². The average Bonchev–Trinajstić information content (AvgIpc) is 3.02. The maximum absolute atomic E-state index is 12.7. The van der Waals surface area contributed by atoms with E-state index in [9.17, 15) is 4.79 Å². The van der Waals surface area contributed by atoms with Gasteiger partial charge in [-0.15, -0.1) is 6.42 Å². The molecule has 0 radical (unpaired) electrons. The van der Waals surface area contributed by atoms with E-state index in [1.54, 1.807) is 12.0 Å². The van der Waals surface area contributed by atoms with E-state index >= 15 is 0 Å². The maximum atomic E-state index is 12.7. The standard InChI is InChI=1S/C22H20N2O3S/c1-4-14-27-19-10-6-16(7-11-19)15-20-21(25)24(5-2)22(28-20)23-17-8-12-18(26-3)13-9-17/h1,6-13,15H,5,14H2,2-3H3. The Morgan fingerprint density at radius 3 is 2.43 bits per heavy atom. The zero-order valence-electron chi connectivity index (χ0n) is 15.7. The van der Waals surface area contributed by atoms with E-state index in [0.29, 0.717) is 22.4 Å². The van der Waals surface area contributed by atoms with Gasteiger partial charge in [-0.2, -0.15) is 0 Å². The maximum Gasteiger partial charge on any atom is 0.266 e. The van der Waals surface area contributed by atoms with Gasteiger partial charge in [0.05, 0.1) is 17.7 Å². The molecule has 3 rings (SSSR count). The summed E-state index contributed by atoms with van der Waals surface area (Å²) in [5.41, 5.74) is 1.68. The summed E-state index contributed by atoms with van der Waals surface area (Å²) in [4.78, 5) is 19.7. The summed E-state index contributed by atoms with van der Waals surface area (Å²) in [5.74, 6) is 3.84. The number of aliphatic imine (C=N–C) groups is 1. The number of carbonyl (C=O) groups excluding carboxylic acids is 1. The molecule has 1 heterocycles. The van der Waals surface area contributed by atoms with E-state index in [1.807, 2.05) is 61.5 Å². The van der Waals surface area contributed by atoms with Gasteiger partial charge in [0.1, 0.15) is 18.1 Å². The highest BCUT2D eigenvalue weighted by atomic mass is 32.2. The van der Waals surface area contributed by atoms with Crippen LogP contribution >= 0.6 is 11.8 Å². The van der Waals surface area contributed by atoms with Gasteiger partial charge in [-0.1, -0.05) is 18.1 Å². The van der Waals surface area contributed by atoms with Crippen LogP contribution in [0.4, 0.5) is 5.69 Å². The van der Waals surface area contributed by atoms with Crippen molar-refractivity contribution in [3.63, 3.8) is 0 Å². The molecule has 5 nitrogen and oxygen atoms in total. The molecule has 1 aliphatic heterocycles. The van der Waals surface area contributed by atoms with Crippen LogP contribution in [0.1, 0.15) is 12.5 Å². The summed E-state index contributed by atoms with van der Waals surface area (Å²) in [5, 5.41) is 0.665. The number of amides is 1. The molecule has 1 aliphatic rings. The average molecular weight is 392 g/mol. The van der Waals surface area contributed by atoms with Crippen LogP contribution < -0.4 is 9.47 Å². The van der Waals surface area contributed by atoms with Gasteiger partial charge in [0.2, 0.25) is 0 Å². The topological polar surface area (TPSA) is 51.1 Å². The molecule has 0 aromatic heterocycles. The van der Waals surface area contributed by atoms with Crippen LogP contribution in [0.5, 0.6) is 11.5 Å². The Hall–Kier alpha value is -3.17. The summed E-state index contributed by atoms with van der Waals surface area (Å²) in [6.45, 7) is 2.71. The predicted octanol–water partition coefficient (Wildman–Crippen LogP) is 4.33. The molecule has 1 amide bonds. The first-order chi connectivity index (χ1) is 13.6. The van der Waals surface area contributed by atoms with Crippen LogP contribution in [0.25, 0.3) is 6.08 Å². The Bertz CT molecular complexity index is 941. The number of ether oxygens (including phenoxy) is 2. The summed E-state index contributed by atoms with van der Waals surface area (Å²) < 4.78 is 10.5. The van der Waals surface area contributed by atoms with Crippen molar-refractivity contribution < 1.29 is 14.3 Å². The fourth-order valence-electron chi connectivity index (χ4n) is 2.57. The third-order valence-electron chi connectivity index (χ3n) is 4.00.